The zero-order chi connectivity index (χ0) is 14.3. The van der Waals surface area contributed by atoms with Crippen molar-refractivity contribution in [1.82, 2.24) is 0 Å². The summed E-state index contributed by atoms with van der Waals surface area (Å²) in [6.45, 7) is 7.01. The van der Waals surface area contributed by atoms with Gasteiger partial charge in [-0.25, -0.2) is 0 Å². The Labute approximate surface area is 111 Å². The van der Waals surface area contributed by atoms with Crippen LogP contribution in [0.25, 0.3) is 0 Å². The minimum Gasteiger partial charge on any atom is -0.482 e. The molecule has 0 aliphatic heterocycles. The minimum absolute atomic E-state index is 0.0269. The summed E-state index contributed by atoms with van der Waals surface area (Å²) in [5.74, 6) is 0.0752. The minimum atomic E-state index is -0.571. The van der Waals surface area contributed by atoms with Crippen LogP contribution in [0.5, 0.6) is 0 Å². The smallest absolute Gasteiger partial charge is 0.310 e. The number of hydrogen-bond acceptors (Lipinski definition) is 4. The summed E-state index contributed by atoms with van der Waals surface area (Å²) in [7, 11) is 0. The Morgan fingerprint density at radius 1 is 1.26 bits per heavy atom. The molecule has 0 saturated heterocycles. The molecule has 0 aliphatic carbocycles. The van der Waals surface area contributed by atoms with Crippen LogP contribution >= 0.6 is 0 Å². The van der Waals surface area contributed by atoms with Crippen molar-refractivity contribution in [2.24, 2.45) is 0 Å². The topological polar surface area (TPSA) is 72.6 Å². The second-order valence-corrected chi connectivity index (χ2v) is 3.68. The number of nitrogens with zero attached hydrogens (tertiary/aromatic N) is 1. The molecule has 0 fully saturated rings. The molecule has 19 heavy (non-hydrogen) atoms. The van der Waals surface area contributed by atoms with Crippen LogP contribution in [0, 0.1) is 10.1 Å². The summed E-state index contributed by atoms with van der Waals surface area (Å²) < 4.78 is 5.35. The first-order valence-electron chi connectivity index (χ1n) is 5.57. The fourth-order valence-electron chi connectivity index (χ4n) is 1.40. The summed E-state index contributed by atoms with van der Waals surface area (Å²) in [6, 6.07) is 7.09. The van der Waals surface area contributed by atoms with Gasteiger partial charge < -0.3 is 9.84 Å². The lowest BCUT2D eigenvalue weighted by Gasteiger charge is -2.07. The van der Waals surface area contributed by atoms with Gasteiger partial charge in [-0.1, -0.05) is 37.4 Å². The van der Waals surface area contributed by atoms with E-state index in [1.54, 1.807) is 24.3 Å². The van der Waals surface area contributed by atoms with Gasteiger partial charge in [0.15, 0.2) is 5.76 Å². The van der Waals surface area contributed by atoms with Crippen molar-refractivity contribution >= 4 is 0 Å². The van der Waals surface area contributed by atoms with Crippen molar-refractivity contribution < 1.29 is 14.8 Å². The van der Waals surface area contributed by atoms with Crippen LogP contribution in [0.15, 0.2) is 61.0 Å². The van der Waals surface area contributed by atoms with Gasteiger partial charge in [0.05, 0.1) is 11.5 Å². The number of benzene rings is 1. The lowest BCUT2D eigenvalue weighted by Crippen LogP contribution is -2.02. The molecule has 0 saturated carbocycles. The first-order valence-corrected chi connectivity index (χ1v) is 5.57. The van der Waals surface area contributed by atoms with Crippen LogP contribution in [0.4, 0.5) is 0 Å². The van der Waals surface area contributed by atoms with Crippen LogP contribution in [-0.4, -0.2) is 10.0 Å². The van der Waals surface area contributed by atoms with E-state index in [-0.39, 0.29) is 24.7 Å². The molecule has 1 aromatic rings. The molecule has 0 heterocycles. The predicted molar refractivity (Wildman–Crippen MR) is 71.6 cm³/mol. The van der Waals surface area contributed by atoms with Gasteiger partial charge in [-0.05, 0) is 17.2 Å². The SMILES string of the molecule is C=C/C(OCc1ccc(CO)cc1)=C(\C=C)[N+](=O)[O-]. The van der Waals surface area contributed by atoms with Gasteiger partial charge in [-0.3, -0.25) is 10.1 Å². The highest BCUT2D eigenvalue weighted by atomic mass is 16.6. The Balaban J connectivity index is 2.80. The highest BCUT2D eigenvalue weighted by Crippen LogP contribution is 2.13. The lowest BCUT2D eigenvalue weighted by atomic mass is 10.1. The lowest BCUT2D eigenvalue weighted by molar-refractivity contribution is -0.421. The second-order valence-electron chi connectivity index (χ2n) is 3.68. The van der Waals surface area contributed by atoms with E-state index in [2.05, 4.69) is 13.2 Å². The standard InChI is InChI=1S/C14H15NO4/c1-3-13(15(17)18)14(4-2)19-10-12-7-5-11(9-16)6-8-12/h3-8,16H,1-2,9-10H2/b14-13-. The molecule has 5 heteroatoms. The molecule has 1 rings (SSSR count). The summed E-state index contributed by atoms with van der Waals surface area (Å²) in [6.07, 6.45) is 2.40. The molecule has 0 atom stereocenters. The maximum Gasteiger partial charge on any atom is 0.310 e. The Morgan fingerprint density at radius 3 is 2.26 bits per heavy atom. The molecule has 0 amide bonds. The first-order chi connectivity index (χ1) is 9.12. The molecule has 0 unspecified atom stereocenters. The molecule has 1 aromatic carbocycles. The summed E-state index contributed by atoms with van der Waals surface area (Å²) in [5.41, 5.74) is 1.41. The average Bonchev–Trinajstić information content (AvgIpc) is 2.43. The van der Waals surface area contributed by atoms with E-state index < -0.39 is 4.92 Å². The fraction of sp³-hybridized carbons (Fsp3) is 0.143. The zero-order valence-electron chi connectivity index (χ0n) is 10.4. The third kappa shape index (κ3) is 4.08. The predicted octanol–water partition coefficient (Wildman–Crippen LogP) is 2.56. The largest absolute Gasteiger partial charge is 0.482 e. The van der Waals surface area contributed by atoms with Gasteiger partial charge >= 0.3 is 5.70 Å². The van der Waals surface area contributed by atoms with Gasteiger partial charge in [0, 0.05) is 6.08 Å². The Bertz CT molecular complexity index is 503. The quantitative estimate of drug-likeness (QED) is 0.354. The number of aliphatic hydroxyl groups excluding tert-OH is 1. The van der Waals surface area contributed by atoms with Crippen molar-refractivity contribution in [3.05, 3.63) is 82.3 Å². The Hall–Kier alpha value is -2.40. The van der Waals surface area contributed by atoms with Gasteiger partial charge in [0.2, 0.25) is 0 Å². The third-order valence-corrected chi connectivity index (χ3v) is 2.43. The van der Waals surface area contributed by atoms with E-state index in [4.69, 9.17) is 9.84 Å². The monoisotopic (exact) mass is 261 g/mol. The van der Waals surface area contributed by atoms with Gasteiger partial charge in [0.25, 0.3) is 0 Å². The Kier molecular flexibility index (Phi) is 5.50. The number of aliphatic hydroxyl groups is 1. The number of allylic oxidation sites excluding steroid dienone is 2. The highest BCUT2D eigenvalue weighted by Gasteiger charge is 2.13. The number of rotatable bonds is 7. The third-order valence-electron chi connectivity index (χ3n) is 2.43. The number of ether oxygens (including phenoxy) is 1. The van der Waals surface area contributed by atoms with Crippen LogP contribution in [0.2, 0.25) is 0 Å². The van der Waals surface area contributed by atoms with E-state index in [1.807, 2.05) is 0 Å². The number of nitro groups is 1. The van der Waals surface area contributed by atoms with Gasteiger partial charge in [-0.15, -0.1) is 0 Å². The van der Waals surface area contributed by atoms with Crippen molar-refractivity contribution in [3.63, 3.8) is 0 Å². The van der Waals surface area contributed by atoms with Crippen LogP contribution in [0.3, 0.4) is 0 Å². The average molecular weight is 261 g/mol. The molecular weight excluding hydrogens is 246 g/mol. The molecule has 0 spiro atoms. The van der Waals surface area contributed by atoms with Crippen molar-refractivity contribution in [3.8, 4) is 0 Å². The molecule has 1 N–H and O–H groups in total. The van der Waals surface area contributed by atoms with Crippen molar-refractivity contribution in [2.75, 3.05) is 0 Å². The normalized spacial score (nSPS) is 11.4. The van der Waals surface area contributed by atoms with Gasteiger partial charge in [0.1, 0.15) is 6.61 Å². The zero-order valence-corrected chi connectivity index (χ0v) is 10.4. The molecule has 0 aliphatic rings. The molecule has 0 bridgehead atoms. The van der Waals surface area contributed by atoms with Crippen LogP contribution < -0.4 is 0 Å². The molecule has 0 radical (unpaired) electrons. The van der Waals surface area contributed by atoms with E-state index in [9.17, 15) is 10.1 Å². The van der Waals surface area contributed by atoms with Crippen molar-refractivity contribution in [1.29, 1.82) is 0 Å². The number of hydrogen-bond donors (Lipinski definition) is 1. The van der Waals surface area contributed by atoms with E-state index in [1.165, 1.54) is 6.08 Å². The summed E-state index contributed by atoms with van der Waals surface area (Å²) >= 11 is 0. The Morgan fingerprint density at radius 2 is 1.84 bits per heavy atom. The molecule has 5 nitrogen and oxygen atoms in total. The van der Waals surface area contributed by atoms with Crippen LogP contribution in [0.1, 0.15) is 11.1 Å². The summed E-state index contributed by atoms with van der Waals surface area (Å²) in [5, 5.41) is 19.7. The van der Waals surface area contributed by atoms with E-state index in [0.717, 1.165) is 17.2 Å². The van der Waals surface area contributed by atoms with Crippen molar-refractivity contribution in [2.45, 2.75) is 13.2 Å². The van der Waals surface area contributed by atoms with Gasteiger partial charge in [-0.2, -0.15) is 0 Å². The van der Waals surface area contributed by atoms with Crippen LogP contribution in [-0.2, 0) is 18.0 Å². The molecular formula is C14H15NO4. The molecule has 0 aromatic heterocycles. The molecule has 100 valence electrons. The fourth-order valence-corrected chi connectivity index (χ4v) is 1.40. The highest BCUT2D eigenvalue weighted by molar-refractivity contribution is 5.24. The van der Waals surface area contributed by atoms with E-state index >= 15 is 0 Å². The maximum absolute atomic E-state index is 10.7. The maximum atomic E-state index is 10.7. The van der Waals surface area contributed by atoms with E-state index in [0.29, 0.717) is 0 Å². The first kappa shape index (κ1) is 14.7. The second kappa shape index (κ2) is 7.13. The summed E-state index contributed by atoms with van der Waals surface area (Å²) in [4.78, 5) is 10.2.